The lowest BCUT2D eigenvalue weighted by Crippen LogP contribution is -2.09. The van der Waals surface area contributed by atoms with Crippen LogP contribution >= 0.6 is 0 Å². The Morgan fingerprint density at radius 2 is 0.642 bits per heavy atom. The second-order valence-electron chi connectivity index (χ2n) is 13.0. The van der Waals surface area contributed by atoms with Crippen LogP contribution in [-0.4, -0.2) is 9.97 Å². The summed E-state index contributed by atoms with van der Waals surface area (Å²) in [6, 6.07) is 74.2. The molecule has 3 nitrogen and oxygen atoms in total. The highest BCUT2D eigenvalue weighted by atomic mass is 15.1. The molecule has 0 saturated heterocycles. The molecule has 1 aromatic heterocycles. The Hall–Kier alpha value is -7.10. The number of rotatable bonds is 8. The van der Waals surface area contributed by atoms with E-state index in [0.29, 0.717) is 0 Å². The fourth-order valence-corrected chi connectivity index (χ4v) is 7.08. The van der Waals surface area contributed by atoms with E-state index in [-0.39, 0.29) is 0 Å². The number of hydrogen-bond donors (Lipinski definition) is 0. The minimum atomic E-state index is 0.840. The van der Waals surface area contributed by atoms with E-state index in [9.17, 15) is 0 Å². The van der Waals surface area contributed by atoms with Crippen LogP contribution in [0.1, 0.15) is 0 Å². The van der Waals surface area contributed by atoms with E-state index in [2.05, 4.69) is 211 Å². The van der Waals surface area contributed by atoms with Gasteiger partial charge in [-0.25, -0.2) is 9.97 Å². The van der Waals surface area contributed by atoms with E-state index in [1.807, 2.05) is 6.07 Å². The molecule has 0 aliphatic rings. The highest BCUT2D eigenvalue weighted by molar-refractivity contribution is 6.03. The van der Waals surface area contributed by atoms with E-state index in [0.717, 1.165) is 78.4 Å². The minimum Gasteiger partial charge on any atom is -0.311 e. The van der Waals surface area contributed by atoms with Crippen LogP contribution in [-0.2, 0) is 0 Å². The molecular formula is C50H35N3. The molecular weight excluding hydrogens is 643 g/mol. The lowest BCUT2D eigenvalue weighted by atomic mass is 9.94. The van der Waals surface area contributed by atoms with Crippen molar-refractivity contribution in [3.8, 4) is 55.9 Å². The molecule has 0 aliphatic carbocycles. The maximum Gasteiger partial charge on any atom is 0.0979 e. The van der Waals surface area contributed by atoms with E-state index in [4.69, 9.17) is 9.97 Å². The van der Waals surface area contributed by atoms with Gasteiger partial charge in [-0.1, -0.05) is 170 Å². The number of para-hydroxylation sites is 2. The molecule has 9 aromatic rings. The maximum absolute atomic E-state index is 5.60. The molecule has 8 aromatic carbocycles. The van der Waals surface area contributed by atoms with Crippen molar-refractivity contribution in [2.75, 3.05) is 4.90 Å². The monoisotopic (exact) mass is 677 g/mol. The van der Waals surface area contributed by atoms with Gasteiger partial charge in [0.25, 0.3) is 0 Å². The first-order chi connectivity index (χ1) is 26.3. The van der Waals surface area contributed by atoms with Gasteiger partial charge >= 0.3 is 0 Å². The van der Waals surface area contributed by atoms with Gasteiger partial charge in [-0.3, -0.25) is 0 Å². The molecule has 0 aliphatic heterocycles. The Kier molecular flexibility index (Phi) is 8.57. The summed E-state index contributed by atoms with van der Waals surface area (Å²) in [5, 5.41) is 0. The predicted octanol–water partition coefficient (Wildman–Crippen LogP) is 13.4. The zero-order chi connectivity index (χ0) is 35.4. The van der Waals surface area contributed by atoms with Crippen molar-refractivity contribution in [3.63, 3.8) is 0 Å². The fourth-order valence-electron chi connectivity index (χ4n) is 7.08. The molecule has 9 rings (SSSR count). The average Bonchev–Trinajstić information content (AvgIpc) is 3.25. The normalized spacial score (nSPS) is 11.0. The van der Waals surface area contributed by atoms with Crippen molar-refractivity contribution in [1.29, 1.82) is 0 Å². The van der Waals surface area contributed by atoms with Crippen molar-refractivity contribution in [2.45, 2.75) is 0 Å². The molecule has 0 bridgehead atoms. The molecule has 0 spiro atoms. The molecule has 0 fully saturated rings. The smallest absolute Gasteiger partial charge is 0.0979 e. The lowest BCUT2D eigenvalue weighted by Gasteiger charge is -2.25. The van der Waals surface area contributed by atoms with Gasteiger partial charge in [-0.05, 0) is 64.7 Å². The molecule has 0 saturated carbocycles. The minimum absolute atomic E-state index is 0.840. The van der Waals surface area contributed by atoms with Crippen LogP contribution in [0.4, 0.5) is 17.1 Å². The van der Waals surface area contributed by atoms with Gasteiger partial charge in [0.05, 0.1) is 22.4 Å². The summed E-state index contributed by atoms with van der Waals surface area (Å²) in [4.78, 5) is 13.4. The van der Waals surface area contributed by atoms with Crippen LogP contribution in [0.3, 0.4) is 0 Å². The Balaban J connectivity index is 1.26. The van der Waals surface area contributed by atoms with Crippen molar-refractivity contribution in [3.05, 3.63) is 212 Å². The van der Waals surface area contributed by atoms with Gasteiger partial charge in [0, 0.05) is 39.3 Å². The third kappa shape index (κ3) is 6.37. The van der Waals surface area contributed by atoms with Crippen LogP contribution in [0.15, 0.2) is 212 Å². The lowest BCUT2D eigenvalue weighted by molar-refractivity contribution is 1.27. The van der Waals surface area contributed by atoms with Crippen LogP contribution < -0.4 is 4.90 Å². The van der Waals surface area contributed by atoms with E-state index < -0.39 is 0 Å². The highest BCUT2D eigenvalue weighted by Crippen LogP contribution is 2.41. The first-order valence-electron chi connectivity index (χ1n) is 17.9. The van der Waals surface area contributed by atoms with Gasteiger partial charge in [0.15, 0.2) is 0 Å². The average molecular weight is 678 g/mol. The second kappa shape index (κ2) is 14.3. The van der Waals surface area contributed by atoms with Crippen molar-refractivity contribution in [1.82, 2.24) is 9.97 Å². The van der Waals surface area contributed by atoms with Crippen LogP contribution in [0, 0.1) is 0 Å². The predicted molar refractivity (Wildman–Crippen MR) is 221 cm³/mol. The van der Waals surface area contributed by atoms with E-state index >= 15 is 0 Å². The molecule has 0 radical (unpaired) electrons. The number of nitrogens with zero attached hydrogens (tertiary/aromatic N) is 3. The molecule has 0 N–H and O–H groups in total. The Labute approximate surface area is 310 Å². The summed E-state index contributed by atoms with van der Waals surface area (Å²) < 4.78 is 0. The summed E-state index contributed by atoms with van der Waals surface area (Å²) in [5.41, 5.74) is 15.3. The Morgan fingerprint density at radius 3 is 1.17 bits per heavy atom. The summed E-state index contributed by atoms with van der Waals surface area (Å²) in [5.74, 6) is 0. The molecule has 250 valence electrons. The molecule has 0 amide bonds. The van der Waals surface area contributed by atoms with Crippen LogP contribution in [0.25, 0.3) is 66.9 Å². The molecule has 53 heavy (non-hydrogen) atoms. The van der Waals surface area contributed by atoms with Crippen LogP contribution in [0.2, 0.25) is 0 Å². The van der Waals surface area contributed by atoms with Crippen LogP contribution in [0.5, 0.6) is 0 Å². The zero-order valence-electron chi connectivity index (χ0n) is 29.0. The number of fused-ring (bicyclic) bond motifs is 1. The van der Waals surface area contributed by atoms with Crippen molar-refractivity contribution < 1.29 is 0 Å². The quantitative estimate of drug-likeness (QED) is 0.160. The molecule has 0 unspecified atom stereocenters. The maximum atomic E-state index is 5.60. The highest BCUT2D eigenvalue weighted by Gasteiger charge is 2.20. The van der Waals surface area contributed by atoms with Gasteiger partial charge in [-0.2, -0.15) is 0 Å². The number of benzene rings is 8. The van der Waals surface area contributed by atoms with Gasteiger partial charge in [-0.15, -0.1) is 0 Å². The van der Waals surface area contributed by atoms with Gasteiger partial charge in [0.2, 0.25) is 0 Å². The number of anilines is 3. The molecule has 1 heterocycles. The largest absolute Gasteiger partial charge is 0.311 e. The first kappa shape index (κ1) is 31.9. The summed E-state index contributed by atoms with van der Waals surface area (Å²) in [6.07, 6.45) is 0. The SMILES string of the molecule is c1ccc(-c2cccc(-c3ccc(-c4ccccc4)c4nc(-c5ccccc5)c(-c5ccc(N(c6ccccc6)c6ccccc6)cc5)nc34)c2)cc1. The van der Waals surface area contributed by atoms with Crippen molar-refractivity contribution >= 4 is 28.1 Å². The third-order valence-electron chi connectivity index (χ3n) is 9.66. The Bertz CT molecular complexity index is 2580. The number of hydrogen-bond acceptors (Lipinski definition) is 3. The molecule has 3 heteroatoms. The first-order valence-corrected chi connectivity index (χ1v) is 17.9. The standard InChI is InChI=1S/C50H35N3/c1-6-17-36(18-7-1)40-23-16-24-41(35-40)46-34-33-45(37-19-8-2-9-20-37)49-50(46)52-48(47(51-49)38-21-10-3-11-22-38)39-29-31-44(32-30-39)53(42-25-12-4-13-26-42)43-27-14-5-15-28-43/h1-35H. The Morgan fingerprint density at radius 1 is 0.264 bits per heavy atom. The fraction of sp³-hybridized carbons (Fsp3) is 0. The van der Waals surface area contributed by atoms with Gasteiger partial charge in [0.1, 0.15) is 0 Å². The summed E-state index contributed by atoms with van der Waals surface area (Å²) in [7, 11) is 0. The topological polar surface area (TPSA) is 29.0 Å². The third-order valence-corrected chi connectivity index (χ3v) is 9.66. The van der Waals surface area contributed by atoms with E-state index in [1.165, 1.54) is 5.56 Å². The summed E-state index contributed by atoms with van der Waals surface area (Å²) >= 11 is 0. The second-order valence-corrected chi connectivity index (χ2v) is 13.0. The van der Waals surface area contributed by atoms with E-state index in [1.54, 1.807) is 0 Å². The zero-order valence-corrected chi connectivity index (χ0v) is 29.0. The van der Waals surface area contributed by atoms with Crippen molar-refractivity contribution in [2.24, 2.45) is 0 Å². The number of aromatic nitrogens is 2. The van der Waals surface area contributed by atoms with Gasteiger partial charge < -0.3 is 4.90 Å². The molecule has 0 atom stereocenters. The summed E-state index contributed by atoms with van der Waals surface area (Å²) in [6.45, 7) is 0.